The smallest absolute Gasteiger partial charge is 0.250 e. The number of allylic oxidation sites excluding steroid dienone is 1. The normalized spacial score (nSPS) is 31.8. The largest absolute Gasteiger partial charge is 0.508 e. The Morgan fingerprint density at radius 3 is 2.55 bits per heavy atom. The second-order valence-electron chi connectivity index (χ2n) is 9.35. The number of phenols is 1. The number of phenolic OH excluding ortho intramolecular Hbond substituents is 1. The Balaban J connectivity index is 2.15. The zero-order valence-electron chi connectivity index (χ0n) is 20.0. The van der Waals surface area contributed by atoms with Crippen molar-refractivity contribution in [3.63, 3.8) is 0 Å². The molecule has 6 unspecified atom stereocenters. The minimum Gasteiger partial charge on any atom is -0.508 e. The number of hydrogen-bond donors (Lipinski definition) is 3. The second kappa shape index (κ2) is 10.6. The van der Waals surface area contributed by atoms with Crippen LogP contribution in [0.2, 0.25) is 0 Å². The van der Waals surface area contributed by atoms with E-state index in [2.05, 4.69) is 5.32 Å². The van der Waals surface area contributed by atoms with Crippen LogP contribution in [0.25, 0.3) is 0 Å². The quantitative estimate of drug-likeness (QED) is 0.549. The number of hydrogen-bond acceptors (Lipinski definition) is 6. The number of ketones is 1. The molecule has 2 aliphatic heterocycles. The lowest BCUT2D eigenvalue weighted by Gasteiger charge is -2.38. The fraction of sp³-hybridized carbons (Fsp3) is 0.538. The fourth-order valence-corrected chi connectivity index (χ4v) is 4.66. The molecule has 0 aliphatic carbocycles. The summed E-state index contributed by atoms with van der Waals surface area (Å²) >= 11 is 0. The topological polar surface area (TPSA) is 105 Å². The number of ether oxygens (including phenoxy) is 2. The maximum Gasteiger partial charge on any atom is 0.250 e. The van der Waals surface area contributed by atoms with Crippen LogP contribution in [0.1, 0.15) is 58.6 Å². The van der Waals surface area contributed by atoms with E-state index in [4.69, 9.17) is 9.47 Å². The average Bonchev–Trinajstić information content (AvgIpc) is 2.76. The lowest BCUT2D eigenvalue weighted by molar-refractivity contribution is -0.144. The number of methoxy groups -OCH3 is 1. The number of aliphatic hydroxyl groups excluding tert-OH is 1. The van der Waals surface area contributed by atoms with Crippen molar-refractivity contribution in [2.45, 2.75) is 71.4 Å². The van der Waals surface area contributed by atoms with Crippen LogP contribution in [0, 0.1) is 11.8 Å². The van der Waals surface area contributed by atoms with Crippen molar-refractivity contribution < 1.29 is 29.3 Å². The zero-order chi connectivity index (χ0) is 24.3. The van der Waals surface area contributed by atoms with Gasteiger partial charge in [0.2, 0.25) is 0 Å². The van der Waals surface area contributed by atoms with Gasteiger partial charge in [-0.3, -0.25) is 9.59 Å². The summed E-state index contributed by atoms with van der Waals surface area (Å²) in [6.07, 6.45) is 2.88. The van der Waals surface area contributed by atoms with E-state index in [0.29, 0.717) is 29.7 Å². The highest BCUT2D eigenvalue weighted by atomic mass is 16.5. The first-order valence-corrected chi connectivity index (χ1v) is 11.5. The van der Waals surface area contributed by atoms with Gasteiger partial charge in [0, 0.05) is 36.8 Å². The van der Waals surface area contributed by atoms with Crippen molar-refractivity contribution in [3.05, 3.63) is 47.1 Å². The summed E-state index contributed by atoms with van der Waals surface area (Å²) in [5, 5.41) is 23.9. The van der Waals surface area contributed by atoms with Crippen LogP contribution in [-0.2, 0) is 19.1 Å². The summed E-state index contributed by atoms with van der Waals surface area (Å²) < 4.78 is 12.2. The van der Waals surface area contributed by atoms with Crippen LogP contribution in [0.5, 0.6) is 5.75 Å². The molecule has 2 heterocycles. The van der Waals surface area contributed by atoms with Gasteiger partial charge in [-0.05, 0) is 55.9 Å². The maximum atomic E-state index is 12.8. The lowest BCUT2D eigenvalue weighted by Crippen LogP contribution is -2.42. The van der Waals surface area contributed by atoms with Gasteiger partial charge in [-0.2, -0.15) is 0 Å². The van der Waals surface area contributed by atoms with Gasteiger partial charge >= 0.3 is 0 Å². The molecule has 3 N–H and O–H groups in total. The van der Waals surface area contributed by atoms with Gasteiger partial charge in [0.1, 0.15) is 11.9 Å². The molecule has 7 nitrogen and oxygen atoms in total. The van der Waals surface area contributed by atoms with Gasteiger partial charge in [-0.25, -0.2) is 0 Å². The van der Waals surface area contributed by atoms with Gasteiger partial charge in [0.15, 0.2) is 5.78 Å². The molecule has 3 rings (SSSR count). The zero-order valence-corrected chi connectivity index (χ0v) is 20.0. The number of aromatic hydroxyl groups is 1. The Hall–Kier alpha value is -2.48. The summed E-state index contributed by atoms with van der Waals surface area (Å²) in [4.78, 5) is 25.4. The predicted molar refractivity (Wildman–Crippen MR) is 126 cm³/mol. The molecular weight excluding hydrogens is 422 g/mol. The molecule has 7 heteroatoms. The van der Waals surface area contributed by atoms with E-state index in [1.807, 2.05) is 32.9 Å². The SMILES string of the molecule is COC1C=C(C)C2OC(c3cc(O)cc(c3)NC(=O)C(C)=CCC1)C(C)CC(=O)C(O)C2C. The van der Waals surface area contributed by atoms with Crippen molar-refractivity contribution in [1.82, 2.24) is 0 Å². The third-order valence-electron chi connectivity index (χ3n) is 6.63. The molecule has 0 radical (unpaired) electrons. The monoisotopic (exact) mass is 457 g/mol. The Morgan fingerprint density at radius 2 is 1.85 bits per heavy atom. The van der Waals surface area contributed by atoms with E-state index in [1.165, 1.54) is 6.07 Å². The van der Waals surface area contributed by atoms with Crippen LogP contribution < -0.4 is 5.32 Å². The predicted octanol–water partition coefficient (Wildman–Crippen LogP) is 4.06. The molecule has 180 valence electrons. The standard InChI is InChI=1S/C26H35NO6/c1-14-7-6-8-21(32-5)9-15(2)24-17(4)23(30)22(29)10-16(3)25(33-24)18-11-19(27-26(14)31)13-20(28)12-18/h7,9,11-13,16-17,21,23-25,28,30H,6,8,10H2,1-5H3,(H,27,31). The molecule has 0 saturated carbocycles. The van der Waals surface area contributed by atoms with Crippen molar-refractivity contribution >= 4 is 17.4 Å². The van der Waals surface area contributed by atoms with E-state index >= 15 is 0 Å². The minimum absolute atomic E-state index is 0.00530. The van der Waals surface area contributed by atoms with Crippen LogP contribution in [0.4, 0.5) is 5.69 Å². The van der Waals surface area contributed by atoms with Gasteiger partial charge in [0.25, 0.3) is 5.91 Å². The number of nitrogens with one attached hydrogen (secondary N) is 1. The molecule has 1 aromatic carbocycles. The van der Waals surface area contributed by atoms with Gasteiger partial charge in [-0.1, -0.05) is 26.0 Å². The van der Waals surface area contributed by atoms with E-state index < -0.39 is 24.2 Å². The molecule has 4 bridgehead atoms. The fourth-order valence-electron chi connectivity index (χ4n) is 4.66. The Morgan fingerprint density at radius 1 is 1.12 bits per heavy atom. The van der Waals surface area contributed by atoms with Crippen molar-refractivity contribution in [3.8, 4) is 5.75 Å². The third-order valence-corrected chi connectivity index (χ3v) is 6.63. The average molecular weight is 458 g/mol. The number of benzene rings is 1. The first-order valence-electron chi connectivity index (χ1n) is 11.5. The van der Waals surface area contributed by atoms with Crippen LogP contribution in [-0.4, -0.2) is 47.3 Å². The summed E-state index contributed by atoms with van der Waals surface area (Å²) in [5.74, 6) is -1.20. The molecule has 6 atom stereocenters. The number of rotatable bonds is 1. The Bertz CT molecular complexity index is 952. The minimum atomic E-state index is -1.13. The van der Waals surface area contributed by atoms with Gasteiger partial charge < -0.3 is 25.0 Å². The van der Waals surface area contributed by atoms with Crippen molar-refractivity contribution in [1.29, 1.82) is 0 Å². The summed E-state index contributed by atoms with van der Waals surface area (Å²) in [5.41, 5.74) is 2.55. The number of fused-ring (bicyclic) bond motifs is 5. The molecule has 0 spiro atoms. The maximum absolute atomic E-state index is 12.8. The van der Waals surface area contributed by atoms with Crippen molar-refractivity contribution in [2.24, 2.45) is 11.8 Å². The van der Waals surface area contributed by atoms with E-state index in [9.17, 15) is 19.8 Å². The highest BCUT2D eigenvalue weighted by Gasteiger charge is 2.39. The lowest BCUT2D eigenvalue weighted by atomic mass is 9.82. The van der Waals surface area contributed by atoms with Gasteiger partial charge in [-0.15, -0.1) is 0 Å². The second-order valence-corrected chi connectivity index (χ2v) is 9.35. The number of carbonyl (C=O) groups is 2. The molecule has 2 aliphatic rings. The van der Waals surface area contributed by atoms with E-state index in [1.54, 1.807) is 26.2 Å². The number of Topliss-reactive ketones (excluding diaryl/α,β-unsaturated/α-hetero) is 1. The number of amides is 1. The third kappa shape index (κ3) is 5.91. The summed E-state index contributed by atoms with van der Waals surface area (Å²) in [6, 6.07) is 4.85. The van der Waals surface area contributed by atoms with Crippen LogP contribution in [0.15, 0.2) is 41.5 Å². The molecule has 33 heavy (non-hydrogen) atoms. The number of carbonyl (C=O) groups excluding carboxylic acids is 2. The van der Waals surface area contributed by atoms with Crippen LogP contribution in [0.3, 0.4) is 0 Å². The molecule has 1 aromatic rings. The molecule has 0 aromatic heterocycles. The molecular formula is C26H35NO6. The summed E-state index contributed by atoms with van der Waals surface area (Å²) in [7, 11) is 1.63. The van der Waals surface area contributed by atoms with Gasteiger partial charge in [0.05, 0.1) is 18.3 Å². The molecule has 1 amide bonds. The summed E-state index contributed by atoms with van der Waals surface area (Å²) in [6.45, 7) is 7.38. The first-order chi connectivity index (χ1) is 15.6. The first kappa shape index (κ1) is 25.1. The van der Waals surface area contributed by atoms with E-state index in [-0.39, 0.29) is 35.9 Å². The van der Waals surface area contributed by atoms with E-state index in [0.717, 1.165) is 5.57 Å². The highest BCUT2D eigenvalue weighted by Crippen LogP contribution is 2.39. The number of anilines is 1. The Labute approximate surface area is 195 Å². The van der Waals surface area contributed by atoms with Crippen molar-refractivity contribution in [2.75, 3.05) is 12.4 Å². The molecule has 1 fully saturated rings. The Kier molecular flexibility index (Phi) is 8.10. The highest BCUT2D eigenvalue weighted by molar-refractivity contribution is 6.03. The molecule has 1 saturated heterocycles. The number of aliphatic hydroxyl groups is 1. The van der Waals surface area contributed by atoms with Crippen LogP contribution >= 0.6 is 0 Å².